The van der Waals surface area contributed by atoms with Gasteiger partial charge in [-0.3, -0.25) is 4.90 Å². The fourth-order valence-corrected chi connectivity index (χ4v) is 2.76. The number of hydrogen-bond donors (Lipinski definition) is 1. The van der Waals surface area contributed by atoms with Gasteiger partial charge in [-0.1, -0.05) is 26.0 Å². The first kappa shape index (κ1) is 14.4. The molecule has 0 aliphatic carbocycles. The second-order valence-corrected chi connectivity index (χ2v) is 6.22. The molecule has 1 aliphatic rings. The topological polar surface area (TPSA) is 38.5 Å². The molecule has 0 amide bonds. The molecular weight excluding hydrogens is 236 g/mol. The molecule has 1 fully saturated rings. The molecule has 1 aliphatic heterocycles. The maximum atomic E-state index is 6.00. The van der Waals surface area contributed by atoms with Crippen molar-refractivity contribution in [2.24, 2.45) is 11.1 Å². The summed E-state index contributed by atoms with van der Waals surface area (Å²) in [4.78, 5) is 2.52. The Morgan fingerprint density at radius 1 is 1.21 bits per heavy atom. The molecule has 0 bridgehead atoms. The zero-order valence-electron chi connectivity index (χ0n) is 12.4. The van der Waals surface area contributed by atoms with Gasteiger partial charge in [-0.15, -0.1) is 0 Å². The molecule has 1 aromatic rings. The molecule has 1 saturated heterocycles. The van der Waals surface area contributed by atoms with Crippen molar-refractivity contribution in [2.75, 3.05) is 26.7 Å². The minimum absolute atomic E-state index is 0.335. The number of piperidine rings is 1. The zero-order valence-corrected chi connectivity index (χ0v) is 12.4. The van der Waals surface area contributed by atoms with Gasteiger partial charge in [-0.05, 0) is 49.0 Å². The molecule has 0 saturated carbocycles. The number of methoxy groups -OCH3 is 1. The predicted octanol–water partition coefficient (Wildman–Crippen LogP) is 2.82. The van der Waals surface area contributed by atoms with Crippen molar-refractivity contribution in [3.05, 3.63) is 29.8 Å². The molecule has 3 nitrogen and oxygen atoms in total. The van der Waals surface area contributed by atoms with Crippen molar-refractivity contribution in [2.45, 2.75) is 32.7 Å². The Hall–Kier alpha value is -1.06. The van der Waals surface area contributed by atoms with Crippen LogP contribution in [0.3, 0.4) is 0 Å². The fourth-order valence-electron chi connectivity index (χ4n) is 2.76. The Labute approximate surface area is 116 Å². The average molecular weight is 262 g/mol. The Morgan fingerprint density at radius 3 is 2.26 bits per heavy atom. The second-order valence-electron chi connectivity index (χ2n) is 6.22. The number of nitrogens with two attached hydrogens (primary N) is 1. The molecule has 0 spiro atoms. The third-order valence-corrected chi connectivity index (χ3v) is 4.32. The summed E-state index contributed by atoms with van der Waals surface area (Å²) in [6.07, 6.45) is 2.50. The van der Waals surface area contributed by atoms with E-state index in [0.29, 0.717) is 18.0 Å². The minimum atomic E-state index is 0.335. The van der Waals surface area contributed by atoms with Crippen LogP contribution in [0.5, 0.6) is 5.75 Å². The lowest BCUT2D eigenvalue weighted by molar-refractivity contribution is 0.0964. The summed E-state index contributed by atoms with van der Waals surface area (Å²) >= 11 is 0. The van der Waals surface area contributed by atoms with Crippen LogP contribution in [0.4, 0.5) is 0 Å². The summed E-state index contributed by atoms with van der Waals surface area (Å²) in [5.74, 6) is 0.902. The summed E-state index contributed by atoms with van der Waals surface area (Å²) in [6.45, 7) is 7.67. The average Bonchev–Trinajstić information content (AvgIpc) is 2.42. The number of benzene rings is 1. The minimum Gasteiger partial charge on any atom is -0.497 e. The predicted molar refractivity (Wildman–Crippen MR) is 79.4 cm³/mol. The highest BCUT2D eigenvalue weighted by Gasteiger charge is 2.29. The van der Waals surface area contributed by atoms with Gasteiger partial charge in [0.2, 0.25) is 0 Å². The van der Waals surface area contributed by atoms with Crippen LogP contribution in [0.15, 0.2) is 24.3 Å². The Morgan fingerprint density at radius 2 is 1.79 bits per heavy atom. The van der Waals surface area contributed by atoms with Gasteiger partial charge in [-0.2, -0.15) is 0 Å². The highest BCUT2D eigenvalue weighted by atomic mass is 16.5. The van der Waals surface area contributed by atoms with Crippen molar-refractivity contribution in [3.63, 3.8) is 0 Å². The number of nitrogens with zero attached hydrogens (tertiary/aromatic N) is 1. The van der Waals surface area contributed by atoms with Gasteiger partial charge in [-0.25, -0.2) is 0 Å². The normalized spacial score (nSPS) is 21.1. The SMILES string of the molecule is COc1ccc(C(CN)N2CCC(C)(C)CC2)cc1. The molecule has 1 atom stereocenters. The van der Waals surface area contributed by atoms with Crippen LogP contribution in [0.25, 0.3) is 0 Å². The van der Waals surface area contributed by atoms with Gasteiger partial charge in [0.05, 0.1) is 7.11 Å². The van der Waals surface area contributed by atoms with E-state index >= 15 is 0 Å². The molecule has 0 aromatic heterocycles. The molecule has 1 unspecified atom stereocenters. The molecule has 106 valence electrons. The van der Waals surface area contributed by atoms with Crippen molar-refractivity contribution >= 4 is 0 Å². The van der Waals surface area contributed by atoms with E-state index in [1.54, 1.807) is 7.11 Å². The summed E-state index contributed by atoms with van der Waals surface area (Å²) in [5, 5.41) is 0. The largest absolute Gasteiger partial charge is 0.497 e. The standard InChI is InChI=1S/C16H26N2O/c1-16(2)8-10-18(11-9-16)15(12-17)13-4-6-14(19-3)7-5-13/h4-7,15H,8-12,17H2,1-3H3. The molecule has 2 N–H and O–H groups in total. The van der Waals surface area contributed by atoms with Crippen LogP contribution in [0, 0.1) is 5.41 Å². The van der Waals surface area contributed by atoms with Gasteiger partial charge in [0.15, 0.2) is 0 Å². The van der Waals surface area contributed by atoms with Crippen LogP contribution in [-0.2, 0) is 0 Å². The van der Waals surface area contributed by atoms with Crippen molar-refractivity contribution in [3.8, 4) is 5.75 Å². The number of hydrogen-bond acceptors (Lipinski definition) is 3. The van der Waals surface area contributed by atoms with Crippen LogP contribution in [0.2, 0.25) is 0 Å². The molecule has 1 heterocycles. The lowest BCUT2D eigenvalue weighted by atomic mass is 9.82. The first-order valence-corrected chi connectivity index (χ1v) is 7.14. The van der Waals surface area contributed by atoms with Crippen LogP contribution in [-0.4, -0.2) is 31.6 Å². The third kappa shape index (κ3) is 3.48. The maximum absolute atomic E-state index is 6.00. The van der Waals surface area contributed by atoms with Crippen LogP contribution in [0.1, 0.15) is 38.3 Å². The molecule has 0 radical (unpaired) electrons. The summed E-state index contributed by atoms with van der Waals surface area (Å²) in [5.41, 5.74) is 7.78. The Balaban J connectivity index is 2.07. The van der Waals surface area contributed by atoms with E-state index in [0.717, 1.165) is 18.8 Å². The quantitative estimate of drug-likeness (QED) is 0.907. The molecule has 2 rings (SSSR count). The van der Waals surface area contributed by atoms with Gasteiger partial charge in [0.25, 0.3) is 0 Å². The Kier molecular flexibility index (Phi) is 4.48. The second kappa shape index (κ2) is 5.93. The summed E-state index contributed by atoms with van der Waals surface area (Å²) < 4.78 is 5.21. The lowest BCUT2D eigenvalue weighted by Gasteiger charge is -2.41. The van der Waals surface area contributed by atoms with Gasteiger partial charge >= 0.3 is 0 Å². The monoisotopic (exact) mass is 262 g/mol. The lowest BCUT2D eigenvalue weighted by Crippen LogP contribution is -2.42. The Bertz CT molecular complexity index is 390. The van der Waals surface area contributed by atoms with E-state index in [9.17, 15) is 0 Å². The van der Waals surface area contributed by atoms with E-state index in [1.165, 1.54) is 18.4 Å². The first-order chi connectivity index (χ1) is 9.05. The van der Waals surface area contributed by atoms with Crippen LogP contribution >= 0.6 is 0 Å². The molecule has 3 heteroatoms. The highest BCUT2D eigenvalue weighted by molar-refractivity contribution is 5.29. The van der Waals surface area contributed by atoms with Crippen molar-refractivity contribution < 1.29 is 4.74 Å². The van der Waals surface area contributed by atoms with Crippen LogP contribution < -0.4 is 10.5 Å². The van der Waals surface area contributed by atoms with E-state index in [4.69, 9.17) is 10.5 Å². The van der Waals surface area contributed by atoms with E-state index < -0.39 is 0 Å². The van der Waals surface area contributed by atoms with Gasteiger partial charge in [0.1, 0.15) is 5.75 Å². The van der Waals surface area contributed by atoms with Crippen molar-refractivity contribution in [1.29, 1.82) is 0 Å². The first-order valence-electron chi connectivity index (χ1n) is 7.14. The summed E-state index contributed by atoms with van der Waals surface area (Å²) in [6, 6.07) is 8.64. The molecule has 1 aromatic carbocycles. The fraction of sp³-hybridized carbons (Fsp3) is 0.625. The maximum Gasteiger partial charge on any atom is 0.118 e. The van der Waals surface area contributed by atoms with Crippen molar-refractivity contribution in [1.82, 2.24) is 4.90 Å². The number of rotatable bonds is 4. The summed E-state index contributed by atoms with van der Waals surface area (Å²) in [7, 11) is 1.70. The molecular formula is C16H26N2O. The van der Waals surface area contributed by atoms with Gasteiger partial charge in [0, 0.05) is 12.6 Å². The van der Waals surface area contributed by atoms with E-state index in [-0.39, 0.29) is 0 Å². The third-order valence-electron chi connectivity index (χ3n) is 4.32. The highest BCUT2D eigenvalue weighted by Crippen LogP contribution is 2.33. The zero-order chi connectivity index (χ0) is 13.9. The smallest absolute Gasteiger partial charge is 0.118 e. The van der Waals surface area contributed by atoms with Gasteiger partial charge < -0.3 is 10.5 Å². The number of likely N-dealkylation sites (tertiary alicyclic amines) is 1. The van der Waals surface area contributed by atoms with E-state index in [1.807, 2.05) is 12.1 Å². The number of ether oxygens (including phenoxy) is 1. The van der Waals surface area contributed by atoms with E-state index in [2.05, 4.69) is 30.9 Å². The molecule has 19 heavy (non-hydrogen) atoms.